The number of hydrogen-bond acceptors (Lipinski definition) is 2. The molecule has 74 heavy (non-hydrogen) atoms. The second-order valence-electron chi connectivity index (χ2n) is 21.2. The number of fused-ring (bicyclic) bond motifs is 12. The Balaban J connectivity index is 0.880. The zero-order valence-electron chi connectivity index (χ0n) is 42.1. The quantitative estimate of drug-likeness (QED) is 0.150. The molecule has 0 saturated heterocycles. The summed E-state index contributed by atoms with van der Waals surface area (Å²) in [5.41, 5.74) is 22.1. The summed E-state index contributed by atoms with van der Waals surface area (Å²) in [5.74, 6) is 0. The molecule has 2 heteroatoms. The van der Waals surface area contributed by atoms with Gasteiger partial charge in [0.25, 0.3) is 0 Å². The highest BCUT2D eigenvalue weighted by Crippen LogP contribution is 2.63. The monoisotopic (exact) mass is 946 g/mol. The first-order valence-electron chi connectivity index (χ1n) is 26.0. The molecular weight excluding hydrogens is 893 g/mol. The fourth-order valence-corrected chi connectivity index (χ4v) is 12.9. The van der Waals surface area contributed by atoms with Gasteiger partial charge in [0.1, 0.15) is 0 Å². The van der Waals surface area contributed by atoms with Gasteiger partial charge in [0, 0.05) is 45.0 Å². The summed E-state index contributed by atoms with van der Waals surface area (Å²) in [6, 6.07) is 94.1. The minimum atomic E-state index is -0.306. The van der Waals surface area contributed by atoms with Crippen LogP contribution in [0.4, 0.5) is 34.1 Å². The van der Waals surface area contributed by atoms with Crippen molar-refractivity contribution in [3.05, 3.63) is 277 Å². The van der Waals surface area contributed by atoms with Crippen LogP contribution in [0.15, 0.2) is 255 Å². The molecule has 0 N–H and O–H groups in total. The molecule has 2 aliphatic carbocycles. The topological polar surface area (TPSA) is 6.48 Å². The van der Waals surface area contributed by atoms with E-state index in [2.05, 4.69) is 292 Å². The van der Waals surface area contributed by atoms with E-state index in [-0.39, 0.29) is 10.8 Å². The van der Waals surface area contributed by atoms with Crippen molar-refractivity contribution in [2.45, 2.75) is 38.5 Å². The normalized spacial score (nSPS) is 13.6. The number of benzene rings is 12. The van der Waals surface area contributed by atoms with Crippen molar-refractivity contribution >= 4 is 66.4 Å². The lowest BCUT2D eigenvalue weighted by Crippen LogP contribution is -2.24. The average Bonchev–Trinajstić information content (AvgIpc) is 3.86. The Hall–Kier alpha value is -8.98. The second kappa shape index (κ2) is 16.8. The molecule has 0 radical (unpaired) electrons. The standard InChI is InChI=1S/C72H54N2/c1-71(2)65-45-55(73(51-23-7-5-8-24-51)53-37-33-49(34-38-53)59-31-17-21-47-19-11-13-27-57(47)59)41-43-63(65)67-61-29-15-16-30-62(61)68-64-44-42-56(46-66(64)72(3,4)70(68)69(67)71)74(52-25-9-6-10-26-52)54-39-35-50(36-40-54)60-32-18-22-48-20-12-14-28-58(48)60/h5-46H,1-4H3. The summed E-state index contributed by atoms with van der Waals surface area (Å²) in [6.07, 6.45) is 0. The maximum Gasteiger partial charge on any atom is 0.0465 e. The van der Waals surface area contributed by atoms with E-state index in [1.165, 1.54) is 99.1 Å². The molecule has 12 aromatic rings. The molecule has 0 amide bonds. The molecule has 0 bridgehead atoms. The highest BCUT2D eigenvalue weighted by Gasteiger charge is 2.47. The molecule has 352 valence electrons. The van der Waals surface area contributed by atoms with Gasteiger partial charge in [0.05, 0.1) is 0 Å². The number of nitrogens with zero attached hydrogens (tertiary/aromatic N) is 2. The molecule has 0 aromatic heterocycles. The van der Waals surface area contributed by atoms with Crippen LogP contribution in [0.25, 0.3) is 76.8 Å². The van der Waals surface area contributed by atoms with Gasteiger partial charge in [0.15, 0.2) is 0 Å². The maximum absolute atomic E-state index is 2.48. The average molecular weight is 947 g/mol. The van der Waals surface area contributed by atoms with Crippen LogP contribution in [0.5, 0.6) is 0 Å². The van der Waals surface area contributed by atoms with E-state index in [0.29, 0.717) is 0 Å². The number of rotatable bonds is 8. The molecule has 0 heterocycles. The van der Waals surface area contributed by atoms with Crippen molar-refractivity contribution in [2.75, 3.05) is 9.80 Å². The van der Waals surface area contributed by atoms with E-state index in [4.69, 9.17) is 0 Å². The smallest absolute Gasteiger partial charge is 0.0465 e. The van der Waals surface area contributed by atoms with Crippen molar-refractivity contribution in [2.24, 2.45) is 0 Å². The third-order valence-corrected chi connectivity index (χ3v) is 16.4. The van der Waals surface area contributed by atoms with E-state index in [0.717, 1.165) is 34.1 Å². The first-order chi connectivity index (χ1) is 36.2. The summed E-state index contributed by atoms with van der Waals surface area (Å²) >= 11 is 0. The first-order valence-corrected chi connectivity index (χ1v) is 26.0. The van der Waals surface area contributed by atoms with E-state index in [1.807, 2.05) is 0 Å². The zero-order chi connectivity index (χ0) is 49.7. The molecule has 0 unspecified atom stereocenters. The van der Waals surface area contributed by atoms with Crippen LogP contribution in [0, 0.1) is 0 Å². The van der Waals surface area contributed by atoms with Gasteiger partial charge >= 0.3 is 0 Å². The molecule has 0 spiro atoms. The zero-order valence-corrected chi connectivity index (χ0v) is 42.1. The van der Waals surface area contributed by atoms with E-state index >= 15 is 0 Å². The number of anilines is 6. The van der Waals surface area contributed by atoms with Gasteiger partial charge < -0.3 is 9.80 Å². The Bertz CT molecular complexity index is 3890. The largest absolute Gasteiger partial charge is 0.310 e. The summed E-state index contributed by atoms with van der Waals surface area (Å²) in [6.45, 7) is 9.86. The predicted octanol–water partition coefficient (Wildman–Crippen LogP) is 20.0. The van der Waals surface area contributed by atoms with Crippen LogP contribution in [0.3, 0.4) is 0 Å². The van der Waals surface area contributed by atoms with Crippen molar-refractivity contribution in [1.82, 2.24) is 0 Å². The van der Waals surface area contributed by atoms with Crippen molar-refractivity contribution in [3.8, 4) is 44.5 Å². The van der Waals surface area contributed by atoms with Crippen LogP contribution in [-0.2, 0) is 10.8 Å². The van der Waals surface area contributed by atoms with Gasteiger partial charge in [-0.25, -0.2) is 0 Å². The van der Waals surface area contributed by atoms with Crippen LogP contribution in [-0.4, -0.2) is 0 Å². The molecule has 0 fully saturated rings. The van der Waals surface area contributed by atoms with E-state index in [1.54, 1.807) is 0 Å². The van der Waals surface area contributed by atoms with Crippen LogP contribution >= 0.6 is 0 Å². The van der Waals surface area contributed by atoms with Crippen LogP contribution in [0.1, 0.15) is 49.9 Å². The van der Waals surface area contributed by atoms with Crippen molar-refractivity contribution in [1.29, 1.82) is 0 Å². The number of para-hydroxylation sites is 2. The number of hydrogen-bond donors (Lipinski definition) is 0. The first kappa shape index (κ1) is 43.8. The van der Waals surface area contributed by atoms with Gasteiger partial charge in [-0.05, 0) is 172 Å². The summed E-state index contributed by atoms with van der Waals surface area (Å²) in [7, 11) is 0. The summed E-state index contributed by atoms with van der Waals surface area (Å²) < 4.78 is 0. The molecule has 2 aliphatic rings. The van der Waals surface area contributed by atoms with Gasteiger partial charge in [-0.1, -0.05) is 210 Å². The molecular formula is C72H54N2. The molecule has 14 rings (SSSR count). The predicted molar refractivity (Wildman–Crippen MR) is 314 cm³/mol. The summed E-state index contributed by atoms with van der Waals surface area (Å²) in [4.78, 5) is 4.84. The lowest BCUT2D eigenvalue weighted by atomic mass is 9.71. The Labute approximate surface area is 434 Å². The summed E-state index contributed by atoms with van der Waals surface area (Å²) in [5, 5.41) is 7.66. The third kappa shape index (κ3) is 6.71. The minimum absolute atomic E-state index is 0.306. The lowest BCUT2D eigenvalue weighted by Gasteiger charge is -2.32. The molecule has 0 aliphatic heterocycles. The minimum Gasteiger partial charge on any atom is -0.310 e. The van der Waals surface area contributed by atoms with Gasteiger partial charge in [-0.3, -0.25) is 0 Å². The Kier molecular flexibility index (Phi) is 9.94. The molecule has 12 aromatic carbocycles. The van der Waals surface area contributed by atoms with Gasteiger partial charge in [-0.2, -0.15) is 0 Å². The fraction of sp³-hybridized carbons (Fsp3) is 0.0833. The molecule has 0 saturated carbocycles. The Morgan fingerprint density at radius 1 is 0.257 bits per heavy atom. The fourth-order valence-electron chi connectivity index (χ4n) is 12.9. The molecule has 2 nitrogen and oxygen atoms in total. The van der Waals surface area contributed by atoms with Gasteiger partial charge in [-0.15, -0.1) is 0 Å². The maximum atomic E-state index is 2.48. The van der Waals surface area contributed by atoms with E-state index in [9.17, 15) is 0 Å². The highest BCUT2D eigenvalue weighted by molar-refractivity contribution is 6.13. The van der Waals surface area contributed by atoms with Crippen molar-refractivity contribution in [3.63, 3.8) is 0 Å². The molecule has 0 atom stereocenters. The lowest BCUT2D eigenvalue weighted by molar-refractivity contribution is 0.602. The van der Waals surface area contributed by atoms with Gasteiger partial charge in [0.2, 0.25) is 0 Å². The third-order valence-electron chi connectivity index (χ3n) is 16.4. The Morgan fingerprint density at radius 3 is 0.986 bits per heavy atom. The van der Waals surface area contributed by atoms with Crippen LogP contribution in [0.2, 0.25) is 0 Å². The highest BCUT2D eigenvalue weighted by atomic mass is 15.1. The van der Waals surface area contributed by atoms with Crippen LogP contribution < -0.4 is 9.80 Å². The second-order valence-corrected chi connectivity index (χ2v) is 21.2. The van der Waals surface area contributed by atoms with E-state index < -0.39 is 0 Å². The van der Waals surface area contributed by atoms with Crippen molar-refractivity contribution < 1.29 is 0 Å². The Morgan fingerprint density at radius 2 is 0.581 bits per heavy atom. The SMILES string of the molecule is CC1(C)c2cc(N(c3ccccc3)c3ccc(-c4cccc5ccccc45)cc3)ccc2-c2c1c1c(c3ccccc23)-c2ccc(N(c3ccccc3)c3ccc(-c4cccc5ccccc45)cc3)cc2C1(C)C.